The molecule has 0 radical (unpaired) electrons. The topological polar surface area (TPSA) is 101 Å². The van der Waals surface area contributed by atoms with Crippen molar-refractivity contribution in [2.75, 3.05) is 40.4 Å². The van der Waals surface area contributed by atoms with Gasteiger partial charge in [0.1, 0.15) is 19.2 Å². The van der Waals surface area contributed by atoms with Gasteiger partial charge in [0.05, 0.1) is 33.3 Å². The number of quaternary nitrogens is 1. The average Bonchev–Trinajstić information content (AvgIpc) is 2.02. The first kappa shape index (κ1) is 16.7. The highest BCUT2D eigenvalue weighted by Crippen LogP contribution is 1.97. The van der Waals surface area contributed by atoms with E-state index in [1.807, 2.05) is 14.1 Å². The van der Waals surface area contributed by atoms with Crippen LogP contribution in [0.1, 0.15) is 6.92 Å². The highest BCUT2D eigenvalue weighted by Gasteiger charge is 2.16. The Bertz CT molecular complexity index is 170. The quantitative estimate of drug-likeness (QED) is 0.436. The number of carboxylic acids is 1. The van der Waals surface area contributed by atoms with Gasteiger partial charge in [0.2, 0.25) is 0 Å². The van der Waals surface area contributed by atoms with E-state index in [4.69, 9.17) is 25.2 Å². The van der Waals surface area contributed by atoms with Crippen molar-refractivity contribution in [3.63, 3.8) is 0 Å². The molecule has 92 valence electrons. The zero-order valence-corrected chi connectivity index (χ0v) is 9.51. The lowest BCUT2D eigenvalue weighted by Crippen LogP contribution is -2.46. The highest BCUT2D eigenvalue weighted by atomic mass is 16.4. The lowest BCUT2D eigenvalue weighted by Gasteiger charge is -2.29. The van der Waals surface area contributed by atoms with Gasteiger partial charge in [-0.15, -0.1) is 0 Å². The van der Waals surface area contributed by atoms with Crippen LogP contribution in [0.3, 0.4) is 0 Å². The molecule has 0 aromatic carbocycles. The zero-order valence-electron chi connectivity index (χ0n) is 9.51. The smallest absolute Gasteiger partial charge is 0.104 e. The van der Waals surface area contributed by atoms with Crippen LogP contribution in [0.15, 0.2) is 0 Å². The van der Waals surface area contributed by atoms with Gasteiger partial charge in [-0.25, -0.2) is 0 Å². The number of hydrogen-bond acceptors (Lipinski definition) is 5. The van der Waals surface area contributed by atoms with Gasteiger partial charge in [0.15, 0.2) is 0 Å². The molecule has 6 heteroatoms. The van der Waals surface area contributed by atoms with Crippen molar-refractivity contribution in [1.29, 1.82) is 0 Å². The van der Waals surface area contributed by atoms with E-state index in [0.717, 1.165) is 0 Å². The highest BCUT2D eigenvalue weighted by molar-refractivity contribution is 5.65. The van der Waals surface area contributed by atoms with Crippen LogP contribution in [0, 0.1) is 0 Å². The van der Waals surface area contributed by atoms with Crippen molar-refractivity contribution in [3.05, 3.63) is 0 Å². The Morgan fingerprint density at radius 3 is 2.00 bits per heavy atom. The molecule has 0 spiro atoms. The van der Waals surface area contributed by atoms with Crippen LogP contribution in [0.4, 0.5) is 0 Å². The Hall–Kier alpha value is -0.690. The van der Waals surface area contributed by atoms with Crippen LogP contribution in [0.25, 0.3) is 0 Å². The van der Waals surface area contributed by atoms with Crippen LogP contribution < -0.4 is 5.11 Å². The second-order valence-electron chi connectivity index (χ2n) is 3.94. The van der Waals surface area contributed by atoms with Crippen LogP contribution in [-0.2, 0) is 4.79 Å². The van der Waals surface area contributed by atoms with E-state index in [0.29, 0.717) is 17.6 Å². The van der Waals surface area contributed by atoms with Crippen molar-refractivity contribution in [1.82, 2.24) is 0 Å². The number of carboxylic acid groups (broad SMARTS) is 1. The molecule has 0 saturated carbocycles. The van der Waals surface area contributed by atoms with Gasteiger partial charge in [-0.2, -0.15) is 0 Å². The molecule has 0 rings (SSSR count). The molecule has 1 atom stereocenters. The molecule has 0 aliphatic carbocycles. The van der Waals surface area contributed by atoms with Gasteiger partial charge in [-0.3, -0.25) is 0 Å². The van der Waals surface area contributed by atoms with Crippen LogP contribution in [-0.4, -0.2) is 72.3 Å². The number of aliphatic hydroxyl groups excluding tert-OH is 3. The number of rotatable bonds is 5. The molecular weight excluding hydrogens is 202 g/mol. The maximum absolute atomic E-state index is 9.02. The van der Waals surface area contributed by atoms with Gasteiger partial charge in [0.25, 0.3) is 0 Å². The van der Waals surface area contributed by atoms with Crippen LogP contribution in [0.5, 0.6) is 0 Å². The molecule has 1 unspecified atom stereocenters. The molecule has 0 aliphatic rings. The van der Waals surface area contributed by atoms with Crippen molar-refractivity contribution in [2.45, 2.75) is 13.0 Å². The summed E-state index contributed by atoms with van der Waals surface area (Å²) in [4.78, 5) is 9.01. The van der Waals surface area contributed by atoms with E-state index in [1.54, 1.807) is 6.92 Å². The third kappa shape index (κ3) is 16.0. The molecule has 0 heterocycles. The fraction of sp³-hybridized carbons (Fsp3) is 0.889. The van der Waals surface area contributed by atoms with Crippen LogP contribution in [0.2, 0.25) is 0 Å². The lowest BCUT2D eigenvalue weighted by atomic mass is 10.3. The van der Waals surface area contributed by atoms with Crippen molar-refractivity contribution in [3.8, 4) is 0 Å². The summed E-state index contributed by atoms with van der Waals surface area (Å²) in [5.41, 5.74) is 0. The number of carbonyl (C=O) groups excluding carboxylic acids is 1. The maximum Gasteiger partial charge on any atom is 0.104 e. The Kier molecular flexibility index (Phi) is 9.60. The third-order valence-electron chi connectivity index (χ3n) is 1.59. The maximum atomic E-state index is 9.02. The molecule has 0 aromatic heterocycles. The summed E-state index contributed by atoms with van der Waals surface area (Å²) in [6, 6.07) is 0. The second-order valence-corrected chi connectivity index (χ2v) is 3.94. The molecule has 0 amide bonds. The number of aliphatic carboxylic acids is 1. The van der Waals surface area contributed by atoms with E-state index < -0.39 is 12.6 Å². The number of aliphatic hydroxyl groups is 3. The molecular formula is C9H21NO5. The van der Waals surface area contributed by atoms with Gasteiger partial charge in [0, 0.05) is 0 Å². The Labute approximate surface area is 90.0 Å². The zero-order chi connectivity index (χ0) is 12.5. The summed E-state index contributed by atoms with van der Waals surface area (Å²) in [6.45, 7) is 2.45. The van der Waals surface area contributed by atoms with E-state index in [-0.39, 0.29) is 12.7 Å². The van der Waals surface area contributed by atoms with Crippen LogP contribution >= 0.6 is 0 Å². The van der Waals surface area contributed by atoms with E-state index in [1.165, 1.54) is 0 Å². The molecule has 0 fully saturated rings. The monoisotopic (exact) mass is 223 g/mol. The summed E-state index contributed by atoms with van der Waals surface area (Å²) >= 11 is 0. The normalized spacial score (nSPS) is 12.7. The molecule has 0 saturated heterocycles. The first-order valence-corrected chi connectivity index (χ1v) is 4.66. The summed E-state index contributed by atoms with van der Waals surface area (Å²) < 4.78 is 0.675. The number of nitrogens with zero attached hydrogens (tertiary/aromatic N) is 1. The van der Waals surface area contributed by atoms with Crippen molar-refractivity contribution < 1.29 is 29.7 Å². The fourth-order valence-corrected chi connectivity index (χ4v) is 1.08. The first-order chi connectivity index (χ1) is 6.75. The molecule has 0 aliphatic heterocycles. The van der Waals surface area contributed by atoms with Gasteiger partial charge >= 0.3 is 0 Å². The first-order valence-electron chi connectivity index (χ1n) is 4.66. The predicted octanol–water partition coefficient (Wildman–Crippen LogP) is -2.84. The summed E-state index contributed by atoms with van der Waals surface area (Å²) in [5, 5.41) is 34.1. The fourth-order valence-electron chi connectivity index (χ4n) is 1.08. The molecule has 0 bridgehead atoms. The molecule has 15 heavy (non-hydrogen) atoms. The molecule has 6 nitrogen and oxygen atoms in total. The van der Waals surface area contributed by atoms with Gasteiger partial charge in [-0.1, -0.05) is 0 Å². The van der Waals surface area contributed by atoms with Gasteiger partial charge in [-0.05, 0) is 6.92 Å². The largest absolute Gasteiger partial charge is 0.548 e. The summed E-state index contributed by atoms with van der Waals surface area (Å²) in [5.74, 6) is -1.44. The lowest BCUT2D eigenvalue weighted by molar-refractivity contribution is -0.893. The minimum absolute atomic E-state index is 0.180. The summed E-state index contributed by atoms with van der Waals surface area (Å²) in [7, 11) is 3.98. The minimum Gasteiger partial charge on any atom is -0.548 e. The minimum atomic E-state index is -1.44. The standard InChI is InChI=1S/C7H18NO2.C2H4O3/c1-7(10)6-8(2,3)4-5-9;3-1-2(4)5/h7,9-10H,4-6H2,1-3H3;3H,1H2,(H,4,5)/q+1;/p-1. The van der Waals surface area contributed by atoms with Crippen molar-refractivity contribution >= 4 is 5.97 Å². The van der Waals surface area contributed by atoms with E-state index >= 15 is 0 Å². The molecule has 3 N–H and O–H groups in total. The SMILES string of the molecule is CC(O)C[N+](C)(C)CCO.O=C([O-])CO. The summed E-state index contributed by atoms with van der Waals surface area (Å²) in [6.07, 6.45) is -0.290. The predicted molar refractivity (Wildman–Crippen MR) is 52.7 cm³/mol. The Morgan fingerprint density at radius 1 is 1.40 bits per heavy atom. The second kappa shape index (κ2) is 8.60. The van der Waals surface area contributed by atoms with Crippen molar-refractivity contribution in [2.24, 2.45) is 0 Å². The third-order valence-corrected chi connectivity index (χ3v) is 1.59. The Morgan fingerprint density at radius 2 is 1.80 bits per heavy atom. The Balaban J connectivity index is 0. The average molecular weight is 223 g/mol. The number of hydrogen-bond donors (Lipinski definition) is 3. The molecule has 0 aromatic rings. The number of likely N-dealkylation sites (N-methyl/N-ethyl adjacent to an activating group) is 1. The number of carbonyl (C=O) groups is 1. The van der Waals surface area contributed by atoms with Gasteiger partial charge < -0.3 is 29.7 Å². The van der Waals surface area contributed by atoms with E-state index in [9.17, 15) is 0 Å². The van der Waals surface area contributed by atoms with E-state index in [2.05, 4.69) is 0 Å².